The van der Waals surface area contributed by atoms with Crippen LogP contribution in [0.3, 0.4) is 0 Å². The van der Waals surface area contributed by atoms with Crippen LogP contribution in [0.1, 0.15) is 394 Å². The third-order valence-corrected chi connectivity index (χ3v) is 20.2. The van der Waals surface area contributed by atoms with Gasteiger partial charge in [-0.15, -0.1) is 0 Å². The second kappa shape index (κ2) is 71.5. The number of allylic oxidation sites excluding steroid dienone is 4. The summed E-state index contributed by atoms with van der Waals surface area (Å²) < 4.78 is 68.5. The molecule has 0 spiro atoms. The molecule has 0 aromatic carbocycles. The quantitative estimate of drug-likeness (QED) is 0.0169. The minimum Gasteiger partial charge on any atom is -0.462 e. The van der Waals surface area contributed by atoms with Gasteiger partial charge in [0, 0.05) is 25.7 Å². The summed E-state index contributed by atoms with van der Waals surface area (Å²) in [6, 6.07) is 0. The van der Waals surface area contributed by atoms with E-state index < -0.39 is 97.5 Å². The maximum atomic E-state index is 13.1. The Bertz CT molecular complexity index is 1970. The normalized spacial score (nSPS) is 14.3. The van der Waals surface area contributed by atoms with Crippen molar-refractivity contribution in [3.8, 4) is 0 Å². The number of rotatable bonds is 77. The van der Waals surface area contributed by atoms with E-state index in [1.54, 1.807) is 0 Å². The third-order valence-electron chi connectivity index (χ3n) is 18.3. The predicted octanol–water partition coefficient (Wildman–Crippen LogP) is 23.2. The number of ether oxygens (including phenoxy) is 4. The fraction of sp³-hybridized carbons (Fsp3) is 0.899. The second-order valence-corrected chi connectivity index (χ2v) is 30.9. The lowest BCUT2D eigenvalue weighted by Gasteiger charge is -2.21. The van der Waals surface area contributed by atoms with E-state index in [-0.39, 0.29) is 25.7 Å². The number of aliphatic hydroxyl groups is 1. The van der Waals surface area contributed by atoms with Crippen LogP contribution in [0, 0.1) is 5.92 Å². The molecule has 0 fully saturated rings. The molecule has 578 valence electrons. The number of carbonyl (C=O) groups is 4. The molecule has 0 heterocycles. The Morgan fingerprint density at radius 3 is 0.867 bits per heavy atom. The Morgan fingerprint density at radius 2 is 0.571 bits per heavy atom. The lowest BCUT2D eigenvalue weighted by atomic mass is 9.99. The Morgan fingerprint density at radius 1 is 0.327 bits per heavy atom. The van der Waals surface area contributed by atoms with E-state index in [1.807, 2.05) is 0 Å². The minimum absolute atomic E-state index is 0.102. The number of esters is 4. The highest BCUT2D eigenvalue weighted by Gasteiger charge is 2.30. The van der Waals surface area contributed by atoms with Crippen molar-refractivity contribution in [2.45, 2.75) is 412 Å². The molecule has 6 atom stereocenters. The molecule has 0 saturated carbocycles. The van der Waals surface area contributed by atoms with Crippen LogP contribution in [0.2, 0.25) is 0 Å². The predicted molar refractivity (Wildman–Crippen MR) is 400 cm³/mol. The summed E-state index contributed by atoms with van der Waals surface area (Å²) in [7, 11) is -9.92. The highest BCUT2D eigenvalue weighted by atomic mass is 31.2. The van der Waals surface area contributed by atoms with Crippen LogP contribution in [-0.2, 0) is 65.4 Å². The van der Waals surface area contributed by atoms with E-state index in [4.69, 9.17) is 37.0 Å². The number of phosphoric acid groups is 2. The number of hydrogen-bond donors (Lipinski definition) is 3. The zero-order valence-electron chi connectivity index (χ0n) is 63.4. The van der Waals surface area contributed by atoms with Gasteiger partial charge in [0.05, 0.1) is 26.4 Å². The molecule has 0 aromatic heterocycles. The van der Waals surface area contributed by atoms with Gasteiger partial charge in [0.15, 0.2) is 12.2 Å². The van der Waals surface area contributed by atoms with Crippen LogP contribution >= 0.6 is 15.6 Å². The summed E-state index contributed by atoms with van der Waals surface area (Å²) >= 11 is 0. The second-order valence-electron chi connectivity index (χ2n) is 28.0. The van der Waals surface area contributed by atoms with Crippen molar-refractivity contribution in [1.82, 2.24) is 0 Å². The van der Waals surface area contributed by atoms with Crippen LogP contribution in [-0.4, -0.2) is 96.7 Å². The Hall–Kier alpha value is -2.46. The summed E-state index contributed by atoms with van der Waals surface area (Å²) in [6.45, 7) is 7.22. The van der Waals surface area contributed by atoms with Gasteiger partial charge >= 0.3 is 39.5 Å². The number of carbonyl (C=O) groups excluding carboxylic acids is 4. The molecule has 0 aromatic rings. The molecule has 0 aliphatic carbocycles. The van der Waals surface area contributed by atoms with E-state index in [2.05, 4.69) is 58.9 Å². The van der Waals surface area contributed by atoms with Gasteiger partial charge in [-0.25, -0.2) is 9.13 Å². The fourth-order valence-electron chi connectivity index (χ4n) is 11.7. The van der Waals surface area contributed by atoms with Gasteiger partial charge in [-0.1, -0.05) is 341 Å². The van der Waals surface area contributed by atoms with Crippen molar-refractivity contribution in [3.05, 3.63) is 24.3 Å². The maximum absolute atomic E-state index is 13.1. The van der Waals surface area contributed by atoms with Crippen LogP contribution in [0.25, 0.3) is 0 Å². The lowest BCUT2D eigenvalue weighted by molar-refractivity contribution is -0.161. The van der Waals surface area contributed by atoms with E-state index in [0.29, 0.717) is 25.7 Å². The standard InChI is InChI=1S/C79H150O17P2/c1-6-10-13-16-19-21-23-25-27-28-29-30-31-32-33-35-37-39-44-49-54-59-64-78(83)96-75(69-90-77(82)63-58-53-48-43-38-36-34-26-24-22-20-17-14-11-7-2)71-94-98(87,88)92-67-73(80)66-91-97(85,86)93-70-74(68-89-76(81)62-57-52-46-18-15-12-8-3)95-79(84)65-60-55-50-45-41-40-42-47-51-56-61-72(5)9-4/h22,24,26,34,72-75,80H,6-21,23,25,27-33,35-71H2,1-5H3,(H,85,86)(H,87,88)/b24-22-,34-26-/t72?,73-,74+,75+/m0/s1. The molecular weight excluding hydrogens is 1280 g/mol. The van der Waals surface area contributed by atoms with Gasteiger partial charge in [0.1, 0.15) is 19.3 Å². The first kappa shape index (κ1) is 95.5. The van der Waals surface area contributed by atoms with E-state index >= 15 is 0 Å². The van der Waals surface area contributed by atoms with Crippen molar-refractivity contribution in [2.75, 3.05) is 39.6 Å². The highest BCUT2D eigenvalue weighted by Crippen LogP contribution is 2.45. The SMILES string of the molecule is CCCCCC/C=C\C=C/CCCCCCCC(=O)OC[C@H](COP(=O)(O)OC[C@@H](O)COP(=O)(O)OC[C@@H](COC(=O)CCCCCCCCC)OC(=O)CCCCCCCCCCCCC(C)CC)OC(=O)CCCCCCCCCCCCCCCCCCCCCCCC. The molecular formula is C79H150O17P2. The zero-order chi connectivity index (χ0) is 71.9. The molecule has 3 N–H and O–H groups in total. The van der Waals surface area contributed by atoms with E-state index in [1.165, 1.54) is 186 Å². The number of phosphoric ester groups is 2. The smallest absolute Gasteiger partial charge is 0.462 e. The molecule has 0 radical (unpaired) electrons. The molecule has 0 saturated heterocycles. The molecule has 0 rings (SSSR count). The largest absolute Gasteiger partial charge is 0.472 e. The molecule has 0 aliphatic rings. The Kier molecular flexibility index (Phi) is 69.7. The van der Waals surface area contributed by atoms with Gasteiger partial charge in [-0.05, 0) is 57.3 Å². The van der Waals surface area contributed by atoms with Gasteiger partial charge in [-0.3, -0.25) is 37.3 Å². The topological polar surface area (TPSA) is 237 Å². The van der Waals surface area contributed by atoms with Crippen LogP contribution < -0.4 is 0 Å². The van der Waals surface area contributed by atoms with E-state index in [0.717, 1.165) is 128 Å². The van der Waals surface area contributed by atoms with Crippen LogP contribution in [0.15, 0.2) is 24.3 Å². The Labute approximate surface area is 599 Å². The average Bonchev–Trinajstić information content (AvgIpc) is 1.26. The number of unbranched alkanes of at least 4 members (excludes halogenated alkanes) is 45. The maximum Gasteiger partial charge on any atom is 0.472 e. The lowest BCUT2D eigenvalue weighted by Crippen LogP contribution is -2.30. The molecule has 98 heavy (non-hydrogen) atoms. The Balaban J connectivity index is 5.19. The minimum atomic E-state index is -4.97. The molecule has 0 aliphatic heterocycles. The summed E-state index contributed by atoms with van der Waals surface area (Å²) in [5.74, 6) is -1.35. The average molecular weight is 1430 g/mol. The summed E-state index contributed by atoms with van der Waals surface area (Å²) in [5.41, 5.74) is 0. The number of hydrogen-bond acceptors (Lipinski definition) is 15. The summed E-state index contributed by atoms with van der Waals surface area (Å²) in [6.07, 6.45) is 64.9. The first-order valence-corrected chi connectivity index (χ1v) is 43.5. The van der Waals surface area contributed by atoms with Crippen LogP contribution in [0.4, 0.5) is 0 Å². The van der Waals surface area contributed by atoms with Gasteiger partial charge in [-0.2, -0.15) is 0 Å². The molecule has 3 unspecified atom stereocenters. The first-order chi connectivity index (χ1) is 47.6. The monoisotopic (exact) mass is 1430 g/mol. The van der Waals surface area contributed by atoms with Gasteiger partial charge in [0.2, 0.25) is 0 Å². The van der Waals surface area contributed by atoms with Crippen molar-refractivity contribution < 1.29 is 80.2 Å². The molecule has 0 bridgehead atoms. The van der Waals surface area contributed by atoms with E-state index in [9.17, 15) is 43.2 Å². The molecule has 19 heteroatoms. The van der Waals surface area contributed by atoms with Crippen molar-refractivity contribution >= 4 is 39.5 Å². The van der Waals surface area contributed by atoms with Crippen molar-refractivity contribution in [3.63, 3.8) is 0 Å². The fourth-order valence-corrected chi connectivity index (χ4v) is 13.2. The summed E-state index contributed by atoms with van der Waals surface area (Å²) in [5, 5.41) is 10.6. The highest BCUT2D eigenvalue weighted by molar-refractivity contribution is 7.47. The molecule has 0 amide bonds. The van der Waals surface area contributed by atoms with Crippen molar-refractivity contribution in [1.29, 1.82) is 0 Å². The van der Waals surface area contributed by atoms with Gasteiger partial charge < -0.3 is 33.8 Å². The first-order valence-electron chi connectivity index (χ1n) is 40.5. The number of aliphatic hydroxyl groups excluding tert-OH is 1. The summed E-state index contributed by atoms with van der Waals surface area (Å²) in [4.78, 5) is 72.7. The van der Waals surface area contributed by atoms with Crippen molar-refractivity contribution in [2.24, 2.45) is 5.92 Å². The van der Waals surface area contributed by atoms with Gasteiger partial charge in [0.25, 0.3) is 0 Å². The van der Waals surface area contributed by atoms with Crippen LogP contribution in [0.5, 0.6) is 0 Å². The zero-order valence-corrected chi connectivity index (χ0v) is 65.2. The third kappa shape index (κ3) is 70.6. The molecule has 17 nitrogen and oxygen atoms in total.